The molecule has 1 aromatic heterocycles. The van der Waals surface area contributed by atoms with Crippen molar-refractivity contribution in [3.05, 3.63) is 12.3 Å². The third kappa shape index (κ3) is 5.00. The van der Waals surface area contributed by atoms with Crippen LogP contribution in [0.5, 0.6) is 0 Å². The number of aromatic nitrogens is 2. The largest absolute Gasteiger partial charge is 0.383 e. The maximum atomic E-state index is 12.5. The van der Waals surface area contributed by atoms with Gasteiger partial charge in [-0.05, 0) is 45.2 Å². The molecule has 8 heteroatoms. The summed E-state index contributed by atoms with van der Waals surface area (Å²) in [4.78, 5) is 2.34. The number of hydrogen-bond donors (Lipinski definition) is 1. The summed E-state index contributed by atoms with van der Waals surface area (Å²) in [6.45, 7) is 7.89. The first-order valence-corrected chi connectivity index (χ1v) is 9.67. The molecule has 1 aromatic rings. The highest BCUT2D eigenvalue weighted by molar-refractivity contribution is 7.89. The first-order valence-electron chi connectivity index (χ1n) is 8.18. The van der Waals surface area contributed by atoms with E-state index in [0.29, 0.717) is 19.1 Å². The van der Waals surface area contributed by atoms with Gasteiger partial charge in [-0.15, -0.1) is 0 Å². The van der Waals surface area contributed by atoms with Crippen molar-refractivity contribution in [3.8, 4) is 0 Å². The topological polar surface area (TPSA) is 76.5 Å². The molecule has 1 aliphatic rings. The number of methoxy groups -OCH3 is 1. The van der Waals surface area contributed by atoms with E-state index in [1.54, 1.807) is 13.2 Å². The Morgan fingerprint density at radius 2 is 2.26 bits per heavy atom. The van der Waals surface area contributed by atoms with E-state index >= 15 is 0 Å². The number of nitrogens with one attached hydrogen (secondary N) is 1. The minimum atomic E-state index is -3.52. The van der Waals surface area contributed by atoms with Crippen molar-refractivity contribution in [2.24, 2.45) is 5.92 Å². The lowest BCUT2D eigenvalue weighted by Gasteiger charge is -2.32. The van der Waals surface area contributed by atoms with Gasteiger partial charge in [-0.1, -0.05) is 0 Å². The molecule has 0 bridgehead atoms. The lowest BCUT2D eigenvalue weighted by molar-refractivity contribution is 0.115. The summed E-state index contributed by atoms with van der Waals surface area (Å²) in [6.07, 6.45) is 3.68. The Morgan fingerprint density at radius 1 is 1.48 bits per heavy atom. The summed E-state index contributed by atoms with van der Waals surface area (Å²) in [7, 11) is -1.82. The lowest BCUT2D eigenvalue weighted by atomic mass is 9.98. The van der Waals surface area contributed by atoms with Crippen LogP contribution < -0.4 is 4.72 Å². The average Bonchev–Trinajstić information content (AvgIpc) is 3.02. The smallest absolute Gasteiger partial charge is 0.257 e. The molecule has 0 saturated carbocycles. The number of hydrogen-bond acceptors (Lipinski definition) is 5. The molecule has 1 fully saturated rings. The molecule has 2 heterocycles. The van der Waals surface area contributed by atoms with Gasteiger partial charge in [-0.3, -0.25) is 4.68 Å². The van der Waals surface area contributed by atoms with E-state index in [1.807, 2.05) is 13.8 Å². The van der Waals surface area contributed by atoms with E-state index in [0.717, 1.165) is 32.5 Å². The summed E-state index contributed by atoms with van der Waals surface area (Å²) in [5, 5.41) is 4.33. The number of rotatable bonds is 8. The third-order valence-electron chi connectivity index (χ3n) is 4.18. The van der Waals surface area contributed by atoms with Crippen LogP contribution in [0.1, 0.15) is 32.7 Å². The van der Waals surface area contributed by atoms with Crippen molar-refractivity contribution in [2.75, 3.05) is 39.9 Å². The molecule has 1 aliphatic heterocycles. The first-order chi connectivity index (χ1) is 10.9. The minimum absolute atomic E-state index is 0.00999. The van der Waals surface area contributed by atoms with Crippen molar-refractivity contribution in [3.63, 3.8) is 0 Å². The van der Waals surface area contributed by atoms with Crippen LogP contribution >= 0.6 is 0 Å². The fourth-order valence-corrected chi connectivity index (χ4v) is 4.29. The van der Waals surface area contributed by atoms with Gasteiger partial charge in [-0.25, -0.2) is 13.1 Å². The number of sulfonamides is 1. The number of piperidine rings is 1. The molecule has 0 aliphatic carbocycles. The standard InChI is InChI=1S/C15H28N4O3S/c1-13(2)19-15(6-7-16-19)23(20,21)17-11-14-5-4-8-18(12-14)9-10-22-3/h6-7,13-14,17H,4-5,8-12H2,1-3H3/t14-/m0/s1. The zero-order chi connectivity index (χ0) is 16.9. The van der Waals surface area contributed by atoms with Crippen molar-refractivity contribution >= 4 is 10.0 Å². The van der Waals surface area contributed by atoms with Gasteiger partial charge in [0.2, 0.25) is 0 Å². The normalized spacial score (nSPS) is 20.3. The first kappa shape index (κ1) is 18.4. The van der Waals surface area contributed by atoms with Gasteiger partial charge in [0.25, 0.3) is 10.0 Å². The van der Waals surface area contributed by atoms with Crippen LogP contribution in [0, 0.1) is 5.92 Å². The summed E-state index contributed by atoms with van der Waals surface area (Å²) in [5.74, 6) is 0.339. The minimum Gasteiger partial charge on any atom is -0.383 e. The maximum Gasteiger partial charge on any atom is 0.257 e. The van der Waals surface area contributed by atoms with E-state index in [4.69, 9.17) is 4.74 Å². The summed E-state index contributed by atoms with van der Waals surface area (Å²) < 4.78 is 34.4. The van der Waals surface area contributed by atoms with Crippen LogP contribution in [0.4, 0.5) is 0 Å². The zero-order valence-electron chi connectivity index (χ0n) is 14.2. The van der Waals surface area contributed by atoms with E-state index < -0.39 is 10.0 Å². The van der Waals surface area contributed by atoms with Gasteiger partial charge < -0.3 is 9.64 Å². The van der Waals surface area contributed by atoms with E-state index in [1.165, 1.54) is 10.9 Å². The van der Waals surface area contributed by atoms with Crippen LogP contribution in [0.25, 0.3) is 0 Å². The fourth-order valence-electron chi connectivity index (χ4n) is 2.95. The Labute approximate surface area is 139 Å². The van der Waals surface area contributed by atoms with Crippen LogP contribution in [-0.4, -0.2) is 63.0 Å². The molecule has 0 unspecified atom stereocenters. The molecule has 1 N–H and O–H groups in total. The van der Waals surface area contributed by atoms with Gasteiger partial charge in [0.1, 0.15) is 0 Å². The van der Waals surface area contributed by atoms with Crippen LogP contribution in [-0.2, 0) is 14.8 Å². The highest BCUT2D eigenvalue weighted by atomic mass is 32.2. The Morgan fingerprint density at radius 3 is 2.96 bits per heavy atom. The Kier molecular flexibility index (Phi) is 6.58. The van der Waals surface area contributed by atoms with E-state index in [9.17, 15) is 8.42 Å². The second-order valence-electron chi connectivity index (χ2n) is 6.36. The van der Waals surface area contributed by atoms with Gasteiger partial charge in [0, 0.05) is 32.8 Å². The quantitative estimate of drug-likeness (QED) is 0.764. The molecule has 132 valence electrons. The Bertz CT molecular complexity index is 585. The Hall–Kier alpha value is -0.960. The summed E-state index contributed by atoms with van der Waals surface area (Å²) in [6, 6.07) is 1.56. The molecular weight excluding hydrogens is 316 g/mol. The highest BCUT2D eigenvalue weighted by Gasteiger charge is 2.24. The predicted octanol–water partition coefficient (Wildman–Crippen LogP) is 1.10. The molecule has 23 heavy (non-hydrogen) atoms. The summed E-state index contributed by atoms with van der Waals surface area (Å²) in [5.41, 5.74) is 0. The fraction of sp³-hybridized carbons (Fsp3) is 0.800. The molecule has 2 rings (SSSR count). The van der Waals surface area contributed by atoms with Crippen molar-refractivity contribution in [1.82, 2.24) is 19.4 Å². The number of nitrogens with zero attached hydrogens (tertiary/aromatic N) is 3. The molecule has 0 radical (unpaired) electrons. The van der Waals surface area contributed by atoms with Gasteiger partial charge in [0.05, 0.1) is 12.8 Å². The number of likely N-dealkylation sites (tertiary alicyclic amines) is 1. The molecule has 0 amide bonds. The maximum absolute atomic E-state index is 12.5. The number of ether oxygens (including phenoxy) is 1. The van der Waals surface area contributed by atoms with Crippen LogP contribution in [0.2, 0.25) is 0 Å². The molecule has 1 saturated heterocycles. The molecular formula is C15H28N4O3S. The zero-order valence-corrected chi connectivity index (χ0v) is 15.1. The molecule has 0 spiro atoms. The molecule has 0 aromatic carbocycles. The second-order valence-corrected chi connectivity index (χ2v) is 8.08. The summed E-state index contributed by atoms with van der Waals surface area (Å²) >= 11 is 0. The van der Waals surface area contributed by atoms with Gasteiger partial charge in [0.15, 0.2) is 5.03 Å². The lowest BCUT2D eigenvalue weighted by Crippen LogP contribution is -2.42. The van der Waals surface area contributed by atoms with Crippen molar-refractivity contribution < 1.29 is 13.2 Å². The van der Waals surface area contributed by atoms with Crippen LogP contribution in [0.15, 0.2) is 17.3 Å². The second kappa shape index (κ2) is 8.23. The van der Waals surface area contributed by atoms with E-state index in [-0.39, 0.29) is 11.1 Å². The van der Waals surface area contributed by atoms with E-state index in [2.05, 4.69) is 14.7 Å². The van der Waals surface area contributed by atoms with Crippen molar-refractivity contribution in [1.29, 1.82) is 0 Å². The highest BCUT2D eigenvalue weighted by Crippen LogP contribution is 2.18. The van der Waals surface area contributed by atoms with Gasteiger partial charge >= 0.3 is 0 Å². The molecule has 7 nitrogen and oxygen atoms in total. The van der Waals surface area contributed by atoms with Crippen molar-refractivity contribution in [2.45, 2.75) is 37.8 Å². The van der Waals surface area contributed by atoms with Gasteiger partial charge in [-0.2, -0.15) is 5.10 Å². The SMILES string of the molecule is COCCN1CCC[C@@H](CNS(=O)(=O)c2ccnn2C(C)C)C1. The monoisotopic (exact) mass is 344 g/mol. The Balaban J connectivity index is 1.92. The average molecular weight is 344 g/mol. The molecule has 1 atom stereocenters. The predicted molar refractivity (Wildman–Crippen MR) is 88.8 cm³/mol. The third-order valence-corrected chi connectivity index (χ3v) is 5.60. The van der Waals surface area contributed by atoms with Crippen LogP contribution in [0.3, 0.4) is 0 Å².